The van der Waals surface area contributed by atoms with Gasteiger partial charge in [0.1, 0.15) is 18.1 Å². The van der Waals surface area contributed by atoms with Crippen LogP contribution in [0.3, 0.4) is 0 Å². The van der Waals surface area contributed by atoms with Gasteiger partial charge in [-0.2, -0.15) is 0 Å². The first-order valence-electron chi connectivity index (χ1n) is 35.0. The number of anilines is 1. The number of hydrogen-bond acceptors (Lipinski definition) is 12. The highest BCUT2D eigenvalue weighted by molar-refractivity contribution is 5.99. The molecule has 0 spiro atoms. The topological polar surface area (TPSA) is 139 Å². The molecule has 2 N–H and O–H groups in total. The predicted molar refractivity (Wildman–Crippen MR) is 382 cm³/mol. The zero-order valence-corrected chi connectivity index (χ0v) is 57.3. The molecule has 514 valence electrons. The van der Waals surface area contributed by atoms with E-state index in [1.54, 1.807) is 43.5 Å². The van der Waals surface area contributed by atoms with Crippen molar-refractivity contribution in [2.75, 3.05) is 78.4 Å². The van der Waals surface area contributed by atoms with Crippen LogP contribution in [0.5, 0.6) is 23.0 Å². The van der Waals surface area contributed by atoms with Crippen LogP contribution in [0.15, 0.2) is 140 Å². The number of halogens is 2. The second-order valence-electron chi connectivity index (χ2n) is 25.3. The van der Waals surface area contributed by atoms with Crippen LogP contribution in [0.25, 0.3) is 32.7 Å². The number of methoxy groups -OCH3 is 1. The van der Waals surface area contributed by atoms with Crippen LogP contribution in [0.2, 0.25) is 0 Å². The van der Waals surface area contributed by atoms with Crippen molar-refractivity contribution in [1.82, 2.24) is 0 Å². The molecular formula is C81H106F2N2O10. The molecule has 7 aromatic carbocycles. The molecule has 11 rings (SSSR count). The van der Waals surface area contributed by atoms with Gasteiger partial charge in [0.2, 0.25) is 0 Å². The lowest BCUT2D eigenvalue weighted by molar-refractivity contribution is -0.129. The van der Waals surface area contributed by atoms with Crippen molar-refractivity contribution in [2.45, 2.75) is 169 Å². The van der Waals surface area contributed by atoms with E-state index < -0.39 is 11.6 Å². The Morgan fingerprint density at radius 2 is 1.33 bits per heavy atom. The van der Waals surface area contributed by atoms with E-state index >= 15 is 8.78 Å². The number of rotatable bonds is 35. The minimum absolute atomic E-state index is 0.207. The third-order valence-corrected chi connectivity index (χ3v) is 17.2. The summed E-state index contributed by atoms with van der Waals surface area (Å²) in [6.07, 6.45) is 22.3. The number of ether oxygens (including phenoxy) is 9. The molecule has 2 saturated heterocycles. The van der Waals surface area contributed by atoms with E-state index in [0.717, 1.165) is 145 Å². The maximum absolute atomic E-state index is 15.7. The molecule has 7 aromatic rings. The lowest BCUT2D eigenvalue weighted by atomic mass is 9.83. The molecule has 4 aliphatic rings. The number of allylic oxidation sites excluding steroid dienone is 1. The third kappa shape index (κ3) is 26.3. The van der Waals surface area contributed by atoms with Crippen molar-refractivity contribution in [3.8, 4) is 34.1 Å². The van der Waals surface area contributed by atoms with Gasteiger partial charge in [0.05, 0.1) is 39.1 Å². The van der Waals surface area contributed by atoms with Gasteiger partial charge in [-0.15, -0.1) is 6.58 Å². The number of aryl methyl sites for hydroxylation is 2. The Bertz CT molecular complexity index is 3360. The molecule has 95 heavy (non-hydrogen) atoms. The first kappa shape index (κ1) is 75.0. The average molecular weight is 1310 g/mol. The maximum atomic E-state index is 15.7. The smallest absolute Gasteiger partial charge is 0.293 e. The molecule has 0 aromatic heterocycles. The largest absolute Gasteiger partial charge is 0.494 e. The molecular weight excluding hydrogens is 1200 g/mol. The summed E-state index contributed by atoms with van der Waals surface area (Å²) in [5, 5.41) is 16.1. The van der Waals surface area contributed by atoms with Crippen LogP contribution in [0.1, 0.15) is 159 Å². The van der Waals surface area contributed by atoms with Gasteiger partial charge in [-0.25, -0.2) is 8.78 Å². The van der Waals surface area contributed by atoms with Crippen LogP contribution < -0.4 is 24.3 Å². The van der Waals surface area contributed by atoms with E-state index in [1.807, 2.05) is 62.4 Å². The number of epoxide rings is 1. The van der Waals surface area contributed by atoms with Gasteiger partial charge in [0.15, 0.2) is 23.1 Å². The van der Waals surface area contributed by atoms with E-state index in [0.29, 0.717) is 90.5 Å². The van der Waals surface area contributed by atoms with Crippen molar-refractivity contribution in [1.29, 1.82) is 5.41 Å². The first-order chi connectivity index (χ1) is 46.5. The van der Waals surface area contributed by atoms with E-state index in [-0.39, 0.29) is 18.6 Å². The zero-order valence-electron chi connectivity index (χ0n) is 57.3. The number of fused-ring (bicyclic) bond motifs is 3. The lowest BCUT2D eigenvalue weighted by Gasteiger charge is -2.24. The summed E-state index contributed by atoms with van der Waals surface area (Å²) in [5.74, 6) is 2.38. The maximum Gasteiger partial charge on any atom is 0.293 e. The van der Waals surface area contributed by atoms with Crippen molar-refractivity contribution >= 4 is 39.9 Å². The summed E-state index contributed by atoms with van der Waals surface area (Å²) in [5.41, 5.74) is 5.88. The zero-order chi connectivity index (χ0) is 67.2. The van der Waals surface area contributed by atoms with Crippen molar-refractivity contribution < 1.29 is 56.2 Å². The van der Waals surface area contributed by atoms with Gasteiger partial charge in [-0.3, -0.25) is 4.79 Å². The number of benzene rings is 7. The fourth-order valence-corrected chi connectivity index (χ4v) is 11.4. The highest BCUT2D eigenvalue weighted by Crippen LogP contribution is 2.40. The Morgan fingerprint density at radius 1 is 0.642 bits per heavy atom. The molecule has 3 unspecified atom stereocenters. The number of unbranched alkanes of at least 4 members (excludes halogenated alkanes) is 5. The molecule has 0 amide bonds. The molecule has 0 bridgehead atoms. The molecule has 0 radical (unpaired) electrons. The SMILES string of the molecule is C1COC1.C=C(C)C.CCCNc1ccc2ccccc2c1.CCCOCCCCCCOc1ccc(COc2c(C=N)cc(CCc3ccc(-c4ccc(OCCCCCOCC5CCC6OC6C5)cc4)c(F)c3F)c3ccccc23)cc1OC.O=COCCC1CCC1. The highest BCUT2D eigenvalue weighted by Gasteiger charge is 2.43. The minimum Gasteiger partial charge on any atom is -0.494 e. The highest BCUT2D eigenvalue weighted by atomic mass is 19.2. The van der Waals surface area contributed by atoms with Gasteiger partial charge in [-0.1, -0.05) is 130 Å². The van der Waals surface area contributed by atoms with Crippen molar-refractivity contribution in [2.24, 2.45) is 11.8 Å². The van der Waals surface area contributed by atoms with Crippen molar-refractivity contribution in [3.05, 3.63) is 173 Å². The average Bonchev–Trinajstić information content (AvgIpc) is 1.12. The Balaban J connectivity index is 0.000000331. The predicted octanol–water partition coefficient (Wildman–Crippen LogP) is 19.7. The second-order valence-corrected chi connectivity index (χ2v) is 25.3. The fraction of sp³-hybridized carbons (Fsp3) is 0.481. The summed E-state index contributed by atoms with van der Waals surface area (Å²) in [7, 11) is 1.63. The summed E-state index contributed by atoms with van der Waals surface area (Å²) < 4.78 is 81.8. The molecule has 2 heterocycles. The van der Waals surface area contributed by atoms with Crippen molar-refractivity contribution in [3.63, 3.8) is 0 Å². The number of nitrogens with one attached hydrogen (secondary N) is 2. The van der Waals surface area contributed by atoms with Gasteiger partial charge in [-0.05, 0) is 203 Å². The standard InChI is InChI=1S/C54H65F2NO7.C13H15N.C7H12O2.C4H8.C3H6O/c1-3-27-59-28-9-4-5-11-31-62-48-25-15-39(32-50(48)58-2)37-63-54-43(35-57)34-42(45-13-7-8-14-47(45)54)18-17-41-21-24-46(53(56)52(41)55)40-19-22-44(23-20-40)61-30-12-6-10-29-60-36-38-16-26-49-51(33-38)64-49;1-2-9-14-13-8-7-11-5-3-4-6-12(11)10-13;8-6-9-5-4-7-2-1-3-7;1-4(2)3;1-2-4-3-1/h7-8,13-15,19-25,32,34-35,38,49,51,57H,3-6,9-12,16-18,26-31,33,36-37H2,1-2H3;3-8,10,14H,2,9H2,1H3;6-7H,1-5H2;1H2,2-3H3;1-3H2. The molecule has 2 saturated carbocycles. The summed E-state index contributed by atoms with van der Waals surface area (Å²) in [6, 6.07) is 40.9. The number of hydrogen-bond donors (Lipinski definition) is 2. The monoisotopic (exact) mass is 1300 g/mol. The molecule has 4 fully saturated rings. The quantitative estimate of drug-likeness (QED) is 0.0129. The summed E-state index contributed by atoms with van der Waals surface area (Å²) >= 11 is 0. The first-order valence-corrected chi connectivity index (χ1v) is 35.0. The molecule has 12 nitrogen and oxygen atoms in total. The molecule has 14 heteroatoms. The molecule has 3 atom stereocenters. The summed E-state index contributed by atoms with van der Waals surface area (Å²) in [4.78, 5) is 9.67. The Morgan fingerprint density at radius 3 is 2.00 bits per heavy atom. The van der Waals surface area contributed by atoms with Crippen LogP contribution in [-0.4, -0.2) is 98.0 Å². The van der Waals surface area contributed by atoms with E-state index in [4.69, 9.17) is 43.3 Å². The molecule has 2 aliphatic heterocycles. The van der Waals surface area contributed by atoms with Gasteiger partial charge in [0, 0.05) is 74.6 Å². The van der Waals surface area contributed by atoms with Crippen LogP contribution in [-0.2, 0) is 47.9 Å². The van der Waals surface area contributed by atoms with E-state index in [9.17, 15) is 4.79 Å². The van der Waals surface area contributed by atoms with Gasteiger partial charge in [0.25, 0.3) is 6.47 Å². The van der Waals surface area contributed by atoms with Crippen LogP contribution >= 0.6 is 0 Å². The minimum atomic E-state index is -0.869. The van der Waals surface area contributed by atoms with Gasteiger partial charge >= 0.3 is 0 Å². The number of carbonyl (C=O) groups is 1. The van der Waals surface area contributed by atoms with Crippen LogP contribution in [0.4, 0.5) is 14.5 Å². The molecule has 2 aliphatic carbocycles. The Labute approximate surface area is 565 Å². The lowest BCUT2D eigenvalue weighted by Crippen LogP contribution is -2.18. The Hall–Kier alpha value is -7.36. The van der Waals surface area contributed by atoms with Crippen LogP contribution in [0, 0.1) is 28.9 Å². The third-order valence-electron chi connectivity index (χ3n) is 17.2. The second kappa shape index (κ2) is 42.9. The fourth-order valence-electron chi connectivity index (χ4n) is 11.4. The number of carbonyl (C=O) groups excluding carboxylic acids is 1. The summed E-state index contributed by atoms with van der Waals surface area (Å²) in [6.45, 7) is 20.7. The van der Waals surface area contributed by atoms with Gasteiger partial charge < -0.3 is 53.4 Å². The normalized spacial score (nSPS) is 15.8. The van der Waals surface area contributed by atoms with E-state index in [2.05, 4.69) is 72.9 Å². The van der Waals surface area contributed by atoms with E-state index in [1.165, 1.54) is 66.8 Å². The Kier molecular flexibility index (Phi) is 33.9.